The molecule has 0 aliphatic heterocycles. The minimum absolute atomic E-state index is 0.000634. The first-order valence-electron chi connectivity index (χ1n) is 5.15. The Morgan fingerprint density at radius 2 is 2.25 bits per heavy atom. The summed E-state index contributed by atoms with van der Waals surface area (Å²) < 4.78 is 9.94. The highest BCUT2D eigenvalue weighted by Gasteiger charge is 2.00. The Morgan fingerprint density at radius 1 is 1.44 bits per heavy atom. The van der Waals surface area contributed by atoms with E-state index in [1.54, 1.807) is 6.07 Å². The molecule has 0 aliphatic carbocycles. The molecule has 0 heterocycles. The number of ether oxygens (including phenoxy) is 2. The highest BCUT2D eigenvalue weighted by molar-refractivity contribution is 5.69. The van der Waals surface area contributed by atoms with Crippen LogP contribution in [-0.4, -0.2) is 24.8 Å². The topological polar surface area (TPSA) is 55.8 Å². The molecule has 0 fully saturated rings. The first-order chi connectivity index (χ1) is 7.76. The van der Waals surface area contributed by atoms with Crippen LogP contribution in [0.3, 0.4) is 0 Å². The van der Waals surface area contributed by atoms with Gasteiger partial charge in [-0.25, -0.2) is 0 Å². The average molecular weight is 224 g/mol. The largest absolute Gasteiger partial charge is 0.494 e. The third-order valence-electron chi connectivity index (χ3n) is 2.10. The van der Waals surface area contributed by atoms with Gasteiger partial charge in [0.1, 0.15) is 5.75 Å². The van der Waals surface area contributed by atoms with Crippen LogP contribution in [0, 0.1) is 0 Å². The molecule has 0 saturated carbocycles. The van der Waals surface area contributed by atoms with Crippen LogP contribution in [-0.2, 0) is 16.1 Å². The highest BCUT2D eigenvalue weighted by atomic mass is 16.5. The van der Waals surface area contributed by atoms with Crippen molar-refractivity contribution in [3.05, 3.63) is 29.8 Å². The summed E-state index contributed by atoms with van der Waals surface area (Å²) in [7, 11) is 1.37. The Hall–Kier alpha value is -1.55. The molecule has 0 bridgehead atoms. The summed E-state index contributed by atoms with van der Waals surface area (Å²) in [4.78, 5) is 10.8. The second-order valence-electron chi connectivity index (χ2n) is 3.33. The normalized spacial score (nSPS) is 9.88. The van der Waals surface area contributed by atoms with Gasteiger partial charge in [-0.3, -0.25) is 4.79 Å². The van der Waals surface area contributed by atoms with E-state index in [1.165, 1.54) is 7.11 Å². The number of aliphatic hydroxyl groups is 1. The van der Waals surface area contributed by atoms with Crippen LogP contribution in [0.1, 0.15) is 18.4 Å². The van der Waals surface area contributed by atoms with Crippen molar-refractivity contribution in [2.75, 3.05) is 13.7 Å². The van der Waals surface area contributed by atoms with Crippen LogP contribution in [0.15, 0.2) is 24.3 Å². The molecule has 0 saturated heterocycles. The SMILES string of the molecule is COC(=O)CCCOc1cccc(CO)c1. The number of hydrogen-bond donors (Lipinski definition) is 1. The maximum absolute atomic E-state index is 10.8. The van der Waals surface area contributed by atoms with E-state index in [0.29, 0.717) is 25.2 Å². The molecule has 0 aromatic heterocycles. The number of rotatable bonds is 6. The lowest BCUT2D eigenvalue weighted by Crippen LogP contribution is -2.04. The molecule has 0 aliphatic rings. The molecule has 0 spiro atoms. The quantitative estimate of drug-likeness (QED) is 0.588. The van der Waals surface area contributed by atoms with Gasteiger partial charge in [-0.1, -0.05) is 12.1 Å². The average Bonchev–Trinajstić information content (AvgIpc) is 2.34. The summed E-state index contributed by atoms with van der Waals surface area (Å²) in [6.45, 7) is 0.462. The molecule has 1 N–H and O–H groups in total. The summed E-state index contributed by atoms with van der Waals surface area (Å²) in [6.07, 6.45) is 0.978. The fraction of sp³-hybridized carbons (Fsp3) is 0.417. The summed E-state index contributed by atoms with van der Waals surface area (Å²) in [6, 6.07) is 7.23. The predicted octanol–water partition coefficient (Wildman–Crippen LogP) is 1.51. The van der Waals surface area contributed by atoms with E-state index in [-0.39, 0.29) is 12.6 Å². The van der Waals surface area contributed by atoms with E-state index < -0.39 is 0 Å². The Kier molecular flexibility index (Phi) is 5.36. The lowest BCUT2D eigenvalue weighted by Gasteiger charge is -2.06. The van der Waals surface area contributed by atoms with Crippen molar-refractivity contribution in [2.45, 2.75) is 19.4 Å². The zero-order valence-corrected chi connectivity index (χ0v) is 9.31. The van der Waals surface area contributed by atoms with Crippen LogP contribution in [0.4, 0.5) is 0 Å². The Morgan fingerprint density at radius 3 is 2.94 bits per heavy atom. The smallest absolute Gasteiger partial charge is 0.305 e. The third kappa shape index (κ3) is 4.31. The second-order valence-corrected chi connectivity index (χ2v) is 3.33. The van der Waals surface area contributed by atoms with Crippen molar-refractivity contribution in [3.63, 3.8) is 0 Å². The fourth-order valence-corrected chi connectivity index (χ4v) is 1.24. The molecular formula is C12H16O4. The van der Waals surface area contributed by atoms with Gasteiger partial charge in [0.05, 0.1) is 20.3 Å². The lowest BCUT2D eigenvalue weighted by atomic mass is 10.2. The van der Waals surface area contributed by atoms with E-state index in [4.69, 9.17) is 9.84 Å². The maximum atomic E-state index is 10.8. The Balaban J connectivity index is 2.28. The van der Waals surface area contributed by atoms with Crippen molar-refractivity contribution in [1.29, 1.82) is 0 Å². The van der Waals surface area contributed by atoms with Crippen LogP contribution < -0.4 is 4.74 Å². The van der Waals surface area contributed by atoms with E-state index in [2.05, 4.69) is 4.74 Å². The minimum atomic E-state index is -0.229. The van der Waals surface area contributed by atoms with Gasteiger partial charge < -0.3 is 14.6 Å². The second kappa shape index (κ2) is 6.85. The molecule has 88 valence electrons. The molecule has 1 rings (SSSR count). The number of esters is 1. The van der Waals surface area contributed by atoms with Crippen molar-refractivity contribution in [3.8, 4) is 5.75 Å². The van der Waals surface area contributed by atoms with Gasteiger partial charge in [0.2, 0.25) is 0 Å². The van der Waals surface area contributed by atoms with Gasteiger partial charge in [-0.05, 0) is 24.1 Å². The molecule has 4 heteroatoms. The molecule has 1 aromatic carbocycles. The van der Waals surface area contributed by atoms with Crippen molar-refractivity contribution < 1.29 is 19.4 Å². The number of carbonyl (C=O) groups is 1. The zero-order valence-electron chi connectivity index (χ0n) is 9.31. The number of aliphatic hydroxyl groups excluding tert-OH is 1. The van der Waals surface area contributed by atoms with E-state index in [0.717, 1.165) is 5.56 Å². The van der Waals surface area contributed by atoms with Crippen molar-refractivity contribution in [2.24, 2.45) is 0 Å². The van der Waals surface area contributed by atoms with Crippen molar-refractivity contribution >= 4 is 5.97 Å². The van der Waals surface area contributed by atoms with Crippen LogP contribution in [0.2, 0.25) is 0 Å². The van der Waals surface area contributed by atoms with E-state index in [9.17, 15) is 4.79 Å². The van der Waals surface area contributed by atoms with E-state index in [1.807, 2.05) is 18.2 Å². The van der Waals surface area contributed by atoms with Gasteiger partial charge >= 0.3 is 5.97 Å². The molecule has 0 amide bonds. The van der Waals surface area contributed by atoms with E-state index >= 15 is 0 Å². The predicted molar refractivity (Wildman–Crippen MR) is 59.1 cm³/mol. The molecule has 4 nitrogen and oxygen atoms in total. The highest BCUT2D eigenvalue weighted by Crippen LogP contribution is 2.13. The summed E-state index contributed by atoms with van der Waals surface area (Å²) in [5, 5.41) is 8.92. The fourth-order valence-electron chi connectivity index (χ4n) is 1.24. The Bertz CT molecular complexity index is 336. The van der Waals surface area contributed by atoms with Gasteiger partial charge in [0.15, 0.2) is 0 Å². The number of benzene rings is 1. The molecular weight excluding hydrogens is 208 g/mol. The lowest BCUT2D eigenvalue weighted by molar-refractivity contribution is -0.140. The van der Waals surface area contributed by atoms with Crippen LogP contribution in [0.5, 0.6) is 5.75 Å². The maximum Gasteiger partial charge on any atom is 0.305 e. The summed E-state index contributed by atoms with van der Waals surface area (Å²) in [5.74, 6) is 0.476. The van der Waals surface area contributed by atoms with Gasteiger partial charge in [0, 0.05) is 6.42 Å². The zero-order chi connectivity index (χ0) is 11.8. The van der Waals surface area contributed by atoms with Crippen molar-refractivity contribution in [1.82, 2.24) is 0 Å². The molecule has 1 aromatic rings. The van der Waals surface area contributed by atoms with Crippen LogP contribution >= 0.6 is 0 Å². The monoisotopic (exact) mass is 224 g/mol. The van der Waals surface area contributed by atoms with Gasteiger partial charge in [-0.15, -0.1) is 0 Å². The molecule has 16 heavy (non-hydrogen) atoms. The molecule has 0 unspecified atom stereocenters. The summed E-state index contributed by atoms with van der Waals surface area (Å²) in [5.41, 5.74) is 0.811. The summed E-state index contributed by atoms with van der Waals surface area (Å²) >= 11 is 0. The minimum Gasteiger partial charge on any atom is -0.494 e. The third-order valence-corrected chi connectivity index (χ3v) is 2.10. The number of hydrogen-bond acceptors (Lipinski definition) is 4. The number of methoxy groups -OCH3 is 1. The molecule has 0 radical (unpaired) electrons. The van der Waals surface area contributed by atoms with Gasteiger partial charge in [-0.2, -0.15) is 0 Å². The molecule has 0 atom stereocenters. The number of carbonyl (C=O) groups excluding carboxylic acids is 1. The Labute approximate surface area is 94.8 Å². The first-order valence-corrected chi connectivity index (χ1v) is 5.15. The first kappa shape index (κ1) is 12.5. The van der Waals surface area contributed by atoms with Crippen LogP contribution in [0.25, 0.3) is 0 Å². The van der Waals surface area contributed by atoms with Gasteiger partial charge in [0.25, 0.3) is 0 Å². The standard InChI is InChI=1S/C12H16O4/c1-15-12(14)6-3-7-16-11-5-2-4-10(8-11)9-13/h2,4-5,8,13H,3,6-7,9H2,1H3.